The van der Waals surface area contributed by atoms with Crippen LogP contribution in [-0.2, 0) is 0 Å². The Balaban J connectivity index is 0.000000136. The van der Waals surface area contributed by atoms with Crippen LogP contribution in [0.5, 0.6) is 0 Å². The Bertz CT molecular complexity index is 906. The lowest BCUT2D eigenvalue weighted by atomic mass is 10.2. The van der Waals surface area contributed by atoms with Crippen LogP contribution in [0.1, 0.15) is 10.6 Å². The molecule has 0 bridgehead atoms. The molecule has 4 aromatic rings. The summed E-state index contributed by atoms with van der Waals surface area (Å²) in [5, 5.41) is 5.25. The number of carbonyl (C=O) groups excluding carboxylic acids is 1. The molecule has 0 aliphatic heterocycles. The highest BCUT2D eigenvalue weighted by Gasteiger charge is 1.99. The molecular weight excluding hydrogens is 288 g/mol. The summed E-state index contributed by atoms with van der Waals surface area (Å²) in [6.07, 6.45) is 2.52. The van der Waals surface area contributed by atoms with E-state index in [1.165, 1.54) is 5.39 Å². The normalized spacial score (nSPS) is 10.1. The molecule has 2 aromatic heterocycles. The van der Waals surface area contributed by atoms with Crippen molar-refractivity contribution >= 4 is 33.8 Å². The van der Waals surface area contributed by atoms with Crippen molar-refractivity contribution in [3.8, 4) is 0 Å². The van der Waals surface area contributed by atoms with Gasteiger partial charge < -0.3 is 9.73 Å². The number of nitrogens with zero attached hydrogens (tertiary/aromatic N) is 1. The Morgan fingerprint density at radius 1 is 1.00 bits per heavy atom. The molecule has 0 atom stereocenters. The number of fused-ring (bicyclic) bond motifs is 2. The Morgan fingerprint density at radius 3 is 2.57 bits per heavy atom. The molecule has 4 nitrogen and oxygen atoms in total. The van der Waals surface area contributed by atoms with E-state index in [1.54, 1.807) is 6.07 Å². The second kappa shape index (κ2) is 6.75. The van der Waals surface area contributed by atoms with Crippen LogP contribution in [0.2, 0.25) is 0 Å². The molecule has 23 heavy (non-hydrogen) atoms. The van der Waals surface area contributed by atoms with Gasteiger partial charge in [-0.05, 0) is 24.3 Å². The van der Waals surface area contributed by atoms with E-state index in [9.17, 15) is 4.79 Å². The van der Waals surface area contributed by atoms with Crippen molar-refractivity contribution in [2.24, 2.45) is 0 Å². The molecule has 1 N–H and O–H groups in total. The van der Waals surface area contributed by atoms with Gasteiger partial charge in [-0.3, -0.25) is 9.78 Å². The number of aromatic nitrogens is 1. The Labute approximate surface area is 133 Å². The molecule has 0 aliphatic rings. The van der Waals surface area contributed by atoms with Crippen LogP contribution in [0, 0.1) is 0 Å². The largest absolute Gasteiger partial charge is 0.453 e. The second-order valence-electron chi connectivity index (χ2n) is 4.94. The minimum Gasteiger partial charge on any atom is -0.453 e. The van der Waals surface area contributed by atoms with Crippen LogP contribution in [0.15, 0.2) is 71.3 Å². The van der Waals surface area contributed by atoms with Crippen LogP contribution in [0.4, 0.5) is 5.69 Å². The van der Waals surface area contributed by atoms with Crippen LogP contribution >= 0.6 is 0 Å². The van der Waals surface area contributed by atoms with E-state index >= 15 is 0 Å². The van der Waals surface area contributed by atoms with E-state index in [-0.39, 0.29) is 0 Å². The first-order valence-corrected chi connectivity index (χ1v) is 7.27. The third kappa shape index (κ3) is 3.21. The van der Waals surface area contributed by atoms with E-state index in [4.69, 9.17) is 4.42 Å². The molecule has 4 heteroatoms. The van der Waals surface area contributed by atoms with Gasteiger partial charge in [0.05, 0.1) is 11.2 Å². The number of pyridine rings is 1. The van der Waals surface area contributed by atoms with Crippen LogP contribution in [-0.4, -0.2) is 18.3 Å². The topological polar surface area (TPSA) is 55.1 Å². The van der Waals surface area contributed by atoms with Gasteiger partial charge in [-0.1, -0.05) is 36.4 Å². The van der Waals surface area contributed by atoms with E-state index in [0.717, 1.165) is 22.2 Å². The summed E-state index contributed by atoms with van der Waals surface area (Å²) in [7, 11) is 1.91. The van der Waals surface area contributed by atoms with Crippen molar-refractivity contribution in [3.05, 3.63) is 72.6 Å². The maximum Gasteiger partial charge on any atom is 0.185 e. The van der Waals surface area contributed by atoms with Gasteiger partial charge in [0.1, 0.15) is 5.58 Å². The van der Waals surface area contributed by atoms with Gasteiger partial charge in [0, 0.05) is 24.0 Å². The molecule has 2 aromatic carbocycles. The number of anilines is 1. The predicted octanol–water partition coefficient (Wildman–Crippen LogP) is 4.52. The second-order valence-corrected chi connectivity index (χ2v) is 4.94. The first-order chi connectivity index (χ1) is 11.3. The molecule has 4 rings (SSSR count). The monoisotopic (exact) mass is 304 g/mol. The zero-order chi connectivity index (χ0) is 16.1. The summed E-state index contributed by atoms with van der Waals surface area (Å²) in [5.41, 5.74) is 2.87. The van der Waals surface area contributed by atoms with E-state index in [2.05, 4.69) is 22.4 Å². The predicted molar refractivity (Wildman–Crippen MR) is 92.9 cm³/mol. The lowest BCUT2D eigenvalue weighted by Gasteiger charge is -2.02. The Kier molecular flexibility index (Phi) is 4.34. The van der Waals surface area contributed by atoms with Gasteiger partial charge >= 0.3 is 0 Å². The molecule has 114 valence electrons. The van der Waals surface area contributed by atoms with Crippen molar-refractivity contribution in [2.75, 3.05) is 12.4 Å². The van der Waals surface area contributed by atoms with Gasteiger partial charge in [0.2, 0.25) is 0 Å². The summed E-state index contributed by atoms with van der Waals surface area (Å²) in [4.78, 5) is 14.6. The molecule has 0 fully saturated rings. The average Bonchev–Trinajstić information content (AvgIpc) is 3.05. The standard InChI is InChI=1S/C10H10N2.C9H6O2/c1-11-9-6-2-4-8-5-3-7-12-10(8)9;10-6-8-5-7-3-1-2-4-9(7)11-8/h2-7,11H,1H3;1-6H. The number of aldehydes is 1. The van der Waals surface area contributed by atoms with Crippen LogP contribution in [0.25, 0.3) is 21.9 Å². The molecule has 0 spiro atoms. The third-order valence-corrected chi connectivity index (χ3v) is 3.46. The Morgan fingerprint density at radius 2 is 1.78 bits per heavy atom. The lowest BCUT2D eigenvalue weighted by molar-refractivity contribution is 0.110. The zero-order valence-corrected chi connectivity index (χ0v) is 12.7. The van der Waals surface area contributed by atoms with Crippen molar-refractivity contribution in [3.63, 3.8) is 0 Å². The average molecular weight is 304 g/mol. The quantitative estimate of drug-likeness (QED) is 0.553. The van der Waals surface area contributed by atoms with Crippen molar-refractivity contribution in [1.29, 1.82) is 0 Å². The summed E-state index contributed by atoms with van der Waals surface area (Å²) < 4.78 is 5.15. The van der Waals surface area contributed by atoms with Gasteiger partial charge in [-0.15, -0.1) is 0 Å². The fourth-order valence-electron chi connectivity index (χ4n) is 2.37. The van der Waals surface area contributed by atoms with E-state index in [1.807, 2.05) is 55.7 Å². The summed E-state index contributed by atoms with van der Waals surface area (Å²) in [6.45, 7) is 0. The fourth-order valence-corrected chi connectivity index (χ4v) is 2.37. The molecule has 2 heterocycles. The van der Waals surface area contributed by atoms with Crippen molar-refractivity contribution in [1.82, 2.24) is 4.98 Å². The number of benzene rings is 2. The maximum atomic E-state index is 10.3. The molecule has 0 aliphatic carbocycles. The first kappa shape index (κ1) is 14.8. The van der Waals surface area contributed by atoms with Crippen molar-refractivity contribution in [2.45, 2.75) is 0 Å². The molecule has 0 saturated carbocycles. The SMILES string of the molecule is CNc1cccc2cccnc12.O=Cc1cc2ccccc2o1. The zero-order valence-electron chi connectivity index (χ0n) is 12.7. The van der Waals surface area contributed by atoms with Gasteiger partial charge in [0.25, 0.3) is 0 Å². The third-order valence-electron chi connectivity index (χ3n) is 3.46. The van der Waals surface area contributed by atoms with Gasteiger partial charge in [-0.25, -0.2) is 0 Å². The Hall–Kier alpha value is -3.14. The highest BCUT2D eigenvalue weighted by molar-refractivity contribution is 5.90. The smallest absolute Gasteiger partial charge is 0.185 e. The molecular formula is C19H16N2O2. The minimum absolute atomic E-state index is 0.381. The lowest BCUT2D eigenvalue weighted by Crippen LogP contribution is -1.90. The molecule has 0 amide bonds. The molecule has 0 saturated heterocycles. The van der Waals surface area contributed by atoms with Gasteiger partial charge in [0.15, 0.2) is 12.0 Å². The number of nitrogens with one attached hydrogen (secondary N) is 1. The fraction of sp³-hybridized carbons (Fsp3) is 0.0526. The first-order valence-electron chi connectivity index (χ1n) is 7.27. The number of hydrogen-bond donors (Lipinski definition) is 1. The highest BCUT2D eigenvalue weighted by Crippen LogP contribution is 2.19. The van der Waals surface area contributed by atoms with Crippen molar-refractivity contribution < 1.29 is 9.21 Å². The number of rotatable bonds is 2. The highest BCUT2D eigenvalue weighted by atomic mass is 16.3. The number of para-hydroxylation sites is 2. The van der Waals surface area contributed by atoms with Crippen LogP contribution < -0.4 is 5.32 Å². The summed E-state index contributed by atoms with van der Waals surface area (Å²) in [6, 6.07) is 19.4. The van der Waals surface area contributed by atoms with Gasteiger partial charge in [-0.2, -0.15) is 0 Å². The minimum atomic E-state index is 0.381. The number of hydrogen-bond acceptors (Lipinski definition) is 4. The molecule has 0 radical (unpaired) electrons. The number of furan rings is 1. The maximum absolute atomic E-state index is 10.3. The summed E-state index contributed by atoms with van der Waals surface area (Å²) >= 11 is 0. The van der Waals surface area contributed by atoms with Crippen LogP contribution in [0.3, 0.4) is 0 Å². The van der Waals surface area contributed by atoms with E-state index in [0.29, 0.717) is 12.0 Å². The number of carbonyl (C=O) groups is 1. The summed E-state index contributed by atoms with van der Waals surface area (Å²) in [5.74, 6) is 0.381. The van der Waals surface area contributed by atoms with E-state index < -0.39 is 0 Å². The molecule has 0 unspecified atom stereocenters.